The Hall–Kier alpha value is -0.0800. The molecule has 2 nitrogen and oxygen atoms in total. The average molecular weight is 225 g/mol. The number of aliphatic hydroxyl groups is 1. The van der Waals surface area contributed by atoms with Gasteiger partial charge < -0.3 is 5.11 Å². The first kappa shape index (κ1) is 12.4. The second-order valence-corrected chi connectivity index (χ2v) is 6.09. The van der Waals surface area contributed by atoms with Gasteiger partial charge in [0.15, 0.2) is 0 Å². The van der Waals surface area contributed by atoms with Crippen LogP contribution < -0.4 is 0 Å². The molecule has 1 aliphatic heterocycles. The normalized spacial score (nSPS) is 37.1. The van der Waals surface area contributed by atoms with Crippen molar-refractivity contribution in [2.45, 2.75) is 52.0 Å². The highest BCUT2D eigenvalue weighted by atomic mass is 16.3. The Kier molecular flexibility index (Phi) is 4.26. The van der Waals surface area contributed by atoms with Crippen LogP contribution in [0.3, 0.4) is 0 Å². The highest BCUT2D eigenvalue weighted by molar-refractivity contribution is 4.88. The summed E-state index contributed by atoms with van der Waals surface area (Å²) >= 11 is 0. The first-order chi connectivity index (χ1) is 7.72. The van der Waals surface area contributed by atoms with E-state index in [-0.39, 0.29) is 0 Å². The van der Waals surface area contributed by atoms with Crippen LogP contribution >= 0.6 is 0 Å². The molecule has 0 bridgehead atoms. The number of aliphatic hydroxyl groups excluding tert-OH is 1. The number of hydrogen-bond donors (Lipinski definition) is 1. The third kappa shape index (κ3) is 2.60. The van der Waals surface area contributed by atoms with Gasteiger partial charge in [0.1, 0.15) is 0 Å². The molecule has 1 heterocycles. The quantitative estimate of drug-likeness (QED) is 0.798. The summed E-state index contributed by atoms with van der Waals surface area (Å²) in [4.78, 5) is 2.67. The smallest absolute Gasteiger partial charge is 0.0471 e. The van der Waals surface area contributed by atoms with Gasteiger partial charge in [0.2, 0.25) is 0 Å². The molecule has 3 atom stereocenters. The second kappa shape index (κ2) is 5.50. The average Bonchev–Trinajstić information content (AvgIpc) is 2.77. The summed E-state index contributed by atoms with van der Waals surface area (Å²) in [7, 11) is 0. The molecule has 2 aliphatic rings. The van der Waals surface area contributed by atoms with Gasteiger partial charge >= 0.3 is 0 Å². The Morgan fingerprint density at radius 2 is 1.94 bits per heavy atom. The standard InChI is InChI=1S/C14H27NO/c1-11(2)13-5-3-4-6-14(13)15-8-7-12(9-15)10-16/h11-14,16H,3-10H2,1-2H3. The molecule has 0 amide bonds. The third-order valence-corrected chi connectivity index (χ3v) is 4.68. The molecule has 0 spiro atoms. The number of nitrogens with zero attached hydrogens (tertiary/aromatic N) is 1. The summed E-state index contributed by atoms with van der Waals surface area (Å²) < 4.78 is 0. The Labute approximate surface area is 100 Å². The van der Waals surface area contributed by atoms with Crippen LogP contribution in [0.2, 0.25) is 0 Å². The van der Waals surface area contributed by atoms with E-state index in [0.717, 1.165) is 24.4 Å². The molecule has 0 radical (unpaired) electrons. The summed E-state index contributed by atoms with van der Waals surface area (Å²) in [6.07, 6.45) is 6.85. The molecule has 1 aliphatic carbocycles. The van der Waals surface area contributed by atoms with Crippen LogP contribution in [0, 0.1) is 17.8 Å². The van der Waals surface area contributed by atoms with E-state index in [4.69, 9.17) is 0 Å². The van der Waals surface area contributed by atoms with Crippen LogP contribution in [0.15, 0.2) is 0 Å². The fourth-order valence-electron chi connectivity index (χ4n) is 3.68. The van der Waals surface area contributed by atoms with E-state index in [2.05, 4.69) is 18.7 Å². The van der Waals surface area contributed by atoms with Crippen LogP contribution in [0.4, 0.5) is 0 Å². The molecule has 0 aromatic carbocycles. The topological polar surface area (TPSA) is 23.5 Å². The molecule has 2 rings (SSSR count). The van der Waals surface area contributed by atoms with Crippen molar-refractivity contribution >= 4 is 0 Å². The van der Waals surface area contributed by atoms with Gasteiger partial charge in [-0.25, -0.2) is 0 Å². The molecule has 16 heavy (non-hydrogen) atoms. The maximum Gasteiger partial charge on any atom is 0.0471 e. The van der Waals surface area contributed by atoms with Gasteiger partial charge in [0.05, 0.1) is 0 Å². The highest BCUT2D eigenvalue weighted by Crippen LogP contribution is 2.35. The highest BCUT2D eigenvalue weighted by Gasteiger charge is 2.35. The zero-order valence-electron chi connectivity index (χ0n) is 10.9. The van der Waals surface area contributed by atoms with Crippen molar-refractivity contribution in [1.29, 1.82) is 0 Å². The lowest BCUT2D eigenvalue weighted by Crippen LogP contribution is -2.43. The van der Waals surface area contributed by atoms with E-state index >= 15 is 0 Å². The SMILES string of the molecule is CC(C)C1CCCCC1N1CCC(CO)C1. The van der Waals surface area contributed by atoms with Crippen molar-refractivity contribution in [3.8, 4) is 0 Å². The first-order valence-corrected chi connectivity index (χ1v) is 7.07. The van der Waals surface area contributed by atoms with E-state index in [1.807, 2.05) is 0 Å². The molecule has 1 saturated carbocycles. The monoisotopic (exact) mass is 225 g/mol. The zero-order valence-corrected chi connectivity index (χ0v) is 10.9. The van der Waals surface area contributed by atoms with E-state index < -0.39 is 0 Å². The van der Waals surface area contributed by atoms with Crippen molar-refractivity contribution in [3.63, 3.8) is 0 Å². The molecular formula is C14H27NO. The number of hydrogen-bond acceptors (Lipinski definition) is 2. The van der Waals surface area contributed by atoms with Gasteiger partial charge in [0, 0.05) is 19.2 Å². The minimum Gasteiger partial charge on any atom is -0.396 e. The molecule has 0 aromatic rings. The number of likely N-dealkylation sites (tertiary alicyclic amines) is 1. The van der Waals surface area contributed by atoms with Crippen LogP contribution in [-0.2, 0) is 0 Å². The van der Waals surface area contributed by atoms with E-state index in [1.54, 1.807) is 0 Å². The van der Waals surface area contributed by atoms with Crippen LogP contribution in [0.5, 0.6) is 0 Å². The fraction of sp³-hybridized carbons (Fsp3) is 1.00. The maximum atomic E-state index is 9.23. The van der Waals surface area contributed by atoms with Crippen molar-refractivity contribution in [3.05, 3.63) is 0 Å². The van der Waals surface area contributed by atoms with Crippen molar-refractivity contribution < 1.29 is 5.11 Å². The van der Waals surface area contributed by atoms with Crippen LogP contribution in [-0.4, -0.2) is 35.7 Å². The van der Waals surface area contributed by atoms with Gasteiger partial charge in [-0.15, -0.1) is 0 Å². The molecule has 1 saturated heterocycles. The zero-order chi connectivity index (χ0) is 11.5. The van der Waals surface area contributed by atoms with E-state index in [0.29, 0.717) is 12.5 Å². The minimum atomic E-state index is 0.384. The Morgan fingerprint density at radius 3 is 2.56 bits per heavy atom. The summed E-state index contributed by atoms with van der Waals surface area (Å²) in [5, 5.41) is 9.23. The molecule has 1 N–H and O–H groups in total. The Bertz CT molecular complexity index is 217. The predicted octanol–water partition coefficient (Wildman–Crippen LogP) is 2.52. The van der Waals surface area contributed by atoms with Crippen molar-refractivity contribution in [2.24, 2.45) is 17.8 Å². The lowest BCUT2D eigenvalue weighted by atomic mass is 9.77. The second-order valence-electron chi connectivity index (χ2n) is 6.09. The predicted molar refractivity (Wildman–Crippen MR) is 67.3 cm³/mol. The Morgan fingerprint density at radius 1 is 1.19 bits per heavy atom. The summed E-state index contributed by atoms with van der Waals surface area (Å²) in [5.74, 6) is 2.26. The van der Waals surface area contributed by atoms with Gasteiger partial charge in [-0.1, -0.05) is 26.7 Å². The van der Waals surface area contributed by atoms with Gasteiger partial charge in [-0.3, -0.25) is 4.90 Å². The van der Waals surface area contributed by atoms with Gasteiger partial charge in [-0.2, -0.15) is 0 Å². The van der Waals surface area contributed by atoms with Gasteiger partial charge in [-0.05, 0) is 43.6 Å². The molecule has 3 unspecified atom stereocenters. The first-order valence-electron chi connectivity index (χ1n) is 7.07. The van der Waals surface area contributed by atoms with Gasteiger partial charge in [0.25, 0.3) is 0 Å². The Balaban J connectivity index is 1.95. The maximum absolute atomic E-state index is 9.23. The fourth-order valence-corrected chi connectivity index (χ4v) is 3.68. The minimum absolute atomic E-state index is 0.384. The van der Waals surface area contributed by atoms with Crippen molar-refractivity contribution in [2.75, 3.05) is 19.7 Å². The molecule has 94 valence electrons. The molecule has 2 fully saturated rings. The van der Waals surface area contributed by atoms with Crippen molar-refractivity contribution in [1.82, 2.24) is 4.90 Å². The number of rotatable bonds is 3. The largest absolute Gasteiger partial charge is 0.396 e. The van der Waals surface area contributed by atoms with Crippen LogP contribution in [0.25, 0.3) is 0 Å². The lowest BCUT2D eigenvalue weighted by molar-refractivity contribution is 0.0918. The third-order valence-electron chi connectivity index (χ3n) is 4.68. The summed E-state index contributed by atoms with van der Waals surface area (Å²) in [5.41, 5.74) is 0. The summed E-state index contributed by atoms with van der Waals surface area (Å²) in [6.45, 7) is 7.50. The lowest BCUT2D eigenvalue weighted by Gasteiger charge is -2.40. The molecular weight excluding hydrogens is 198 g/mol. The summed E-state index contributed by atoms with van der Waals surface area (Å²) in [6, 6.07) is 0.810. The van der Waals surface area contributed by atoms with E-state index in [1.165, 1.54) is 38.6 Å². The van der Waals surface area contributed by atoms with Crippen LogP contribution in [0.1, 0.15) is 46.0 Å². The molecule has 2 heteroatoms. The van der Waals surface area contributed by atoms with E-state index in [9.17, 15) is 5.11 Å². The molecule has 0 aromatic heterocycles.